The van der Waals surface area contributed by atoms with E-state index in [0.717, 1.165) is 44.1 Å². The number of halogens is 3. The number of carbonyl (C=O) groups excluding carboxylic acids is 1. The predicted molar refractivity (Wildman–Crippen MR) is 118 cm³/mol. The Bertz CT molecular complexity index is 881. The van der Waals surface area contributed by atoms with Crippen LogP contribution in [0.3, 0.4) is 0 Å². The summed E-state index contributed by atoms with van der Waals surface area (Å²) in [5, 5.41) is 0. The van der Waals surface area contributed by atoms with Gasteiger partial charge in [0.05, 0.1) is 11.5 Å². The van der Waals surface area contributed by atoms with E-state index < -0.39 is 17.7 Å². The molecule has 0 spiro atoms. The Morgan fingerprint density at radius 1 is 1.09 bits per heavy atom. The van der Waals surface area contributed by atoms with Crippen molar-refractivity contribution in [1.29, 1.82) is 0 Å². The molecule has 0 radical (unpaired) electrons. The van der Waals surface area contributed by atoms with Gasteiger partial charge < -0.3 is 9.80 Å². The number of fused-ring (bicyclic) bond motifs is 1. The average Bonchev–Trinajstić information content (AvgIpc) is 3.39. The van der Waals surface area contributed by atoms with E-state index in [1.54, 1.807) is 0 Å². The molecule has 1 amide bonds. The van der Waals surface area contributed by atoms with Crippen LogP contribution in [0.4, 0.5) is 13.2 Å². The molecule has 4 unspecified atom stereocenters. The average molecular weight is 448 g/mol. The van der Waals surface area contributed by atoms with Crippen LogP contribution in [0.25, 0.3) is 0 Å². The molecule has 5 aliphatic rings. The van der Waals surface area contributed by atoms with E-state index in [0.29, 0.717) is 24.5 Å². The Hall–Kier alpha value is -1.86. The Morgan fingerprint density at radius 2 is 1.88 bits per heavy atom. The van der Waals surface area contributed by atoms with Crippen molar-refractivity contribution in [2.75, 3.05) is 45.8 Å². The summed E-state index contributed by atoms with van der Waals surface area (Å²) in [5.74, 6) is 0.299. The van der Waals surface area contributed by atoms with Gasteiger partial charge in [-0.15, -0.1) is 0 Å². The van der Waals surface area contributed by atoms with Gasteiger partial charge in [0.2, 0.25) is 5.91 Å². The Labute approximate surface area is 188 Å². The number of carbonyl (C=O) groups is 1. The number of piperazine rings is 1. The highest BCUT2D eigenvalue weighted by Gasteiger charge is 2.60. The maximum atomic E-state index is 12.8. The van der Waals surface area contributed by atoms with E-state index >= 15 is 0 Å². The largest absolute Gasteiger partial charge is 0.416 e. The highest BCUT2D eigenvalue weighted by atomic mass is 19.4. The molecule has 0 N–H and O–H groups in total. The van der Waals surface area contributed by atoms with Gasteiger partial charge in [-0.3, -0.25) is 9.69 Å². The van der Waals surface area contributed by atoms with Crippen LogP contribution in [-0.4, -0.2) is 78.6 Å². The topological polar surface area (TPSA) is 26.8 Å². The molecule has 2 saturated heterocycles. The fraction of sp³-hybridized carbons (Fsp3) is 0.640. The molecule has 174 valence electrons. The van der Waals surface area contributed by atoms with Gasteiger partial charge in [0.15, 0.2) is 0 Å². The van der Waals surface area contributed by atoms with Crippen LogP contribution in [0.5, 0.6) is 0 Å². The van der Waals surface area contributed by atoms with Crippen LogP contribution in [0.2, 0.25) is 0 Å². The Kier molecular flexibility index (Phi) is 5.61. The standard InChI is InChI=1S/C25H32F3N3O/c1-2-29-16-21-15-24(21,17-29)19-7-9-22(10-8-19)30-11-13-31(14-12-30)23(32)18-3-5-20(6-4-18)25(26,27)28/h3,5-9,18,21-22H,2,4,10-17H2,1H3. The fourth-order valence-electron chi connectivity index (χ4n) is 6.05. The molecule has 2 heterocycles. The molecule has 3 aliphatic carbocycles. The molecule has 1 saturated carbocycles. The lowest BCUT2D eigenvalue weighted by Crippen LogP contribution is -2.52. The molecule has 32 heavy (non-hydrogen) atoms. The smallest absolute Gasteiger partial charge is 0.340 e. The molecule has 3 fully saturated rings. The lowest BCUT2D eigenvalue weighted by atomic mass is 9.88. The van der Waals surface area contributed by atoms with Crippen LogP contribution >= 0.6 is 0 Å². The highest BCUT2D eigenvalue weighted by molar-refractivity contribution is 5.81. The summed E-state index contributed by atoms with van der Waals surface area (Å²) in [6.45, 7) is 8.70. The highest BCUT2D eigenvalue weighted by Crippen LogP contribution is 2.62. The van der Waals surface area contributed by atoms with Crippen molar-refractivity contribution in [2.45, 2.75) is 38.4 Å². The molecule has 0 bridgehead atoms. The number of nitrogens with zero attached hydrogens (tertiary/aromatic N) is 3. The van der Waals surface area contributed by atoms with Crippen molar-refractivity contribution in [3.05, 3.63) is 47.6 Å². The third-order valence-corrected chi connectivity index (χ3v) is 8.15. The minimum absolute atomic E-state index is 0.0553. The molecule has 4 atom stereocenters. The number of likely N-dealkylation sites (tertiary alicyclic amines) is 1. The maximum Gasteiger partial charge on any atom is 0.416 e. The fourth-order valence-corrected chi connectivity index (χ4v) is 6.05. The van der Waals surface area contributed by atoms with Crippen LogP contribution in [-0.2, 0) is 4.79 Å². The second-order valence-corrected chi connectivity index (χ2v) is 9.93. The molecule has 0 aromatic rings. The third-order valence-electron chi connectivity index (χ3n) is 8.15. The van der Waals surface area contributed by atoms with Crippen molar-refractivity contribution in [3.63, 3.8) is 0 Å². The van der Waals surface area contributed by atoms with Crippen LogP contribution < -0.4 is 0 Å². The van der Waals surface area contributed by atoms with E-state index in [9.17, 15) is 18.0 Å². The van der Waals surface area contributed by atoms with E-state index in [4.69, 9.17) is 0 Å². The summed E-state index contributed by atoms with van der Waals surface area (Å²) in [7, 11) is 0. The van der Waals surface area contributed by atoms with Crippen molar-refractivity contribution in [2.24, 2.45) is 17.3 Å². The van der Waals surface area contributed by atoms with Crippen molar-refractivity contribution >= 4 is 5.91 Å². The lowest BCUT2D eigenvalue weighted by Gasteiger charge is -2.40. The minimum Gasteiger partial charge on any atom is -0.340 e. The summed E-state index contributed by atoms with van der Waals surface area (Å²) < 4.78 is 38.3. The van der Waals surface area contributed by atoms with Crippen LogP contribution in [0.1, 0.15) is 26.2 Å². The van der Waals surface area contributed by atoms with Gasteiger partial charge in [0.1, 0.15) is 0 Å². The quantitative estimate of drug-likeness (QED) is 0.656. The van der Waals surface area contributed by atoms with Gasteiger partial charge in [-0.1, -0.05) is 43.4 Å². The first-order valence-corrected chi connectivity index (χ1v) is 11.9. The van der Waals surface area contributed by atoms with Crippen LogP contribution in [0, 0.1) is 17.3 Å². The first kappa shape index (κ1) is 22.0. The number of rotatable bonds is 4. The normalized spacial score (nSPS) is 35.5. The number of amides is 1. The van der Waals surface area contributed by atoms with Crippen molar-refractivity contribution < 1.29 is 18.0 Å². The van der Waals surface area contributed by atoms with E-state index in [2.05, 4.69) is 35.0 Å². The summed E-state index contributed by atoms with van der Waals surface area (Å²) in [6, 6.07) is 0.375. The molecule has 7 heteroatoms. The first-order chi connectivity index (χ1) is 15.3. The zero-order valence-corrected chi connectivity index (χ0v) is 18.7. The Morgan fingerprint density at radius 3 is 2.44 bits per heavy atom. The molecular weight excluding hydrogens is 415 g/mol. The summed E-state index contributed by atoms with van der Waals surface area (Å²) in [5.41, 5.74) is 1.29. The third kappa shape index (κ3) is 3.98. The SMILES string of the molecule is CCN1CC2CC2(C2=CCC(N3CCN(C(=O)C4C=CC(C(F)(F)F)=CC4)CC3)C=C2)C1. The summed E-state index contributed by atoms with van der Waals surface area (Å²) in [6.07, 6.45) is 8.89. The molecule has 5 rings (SSSR count). The van der Waals surface area contributed by atoms with E-state index in [1.165, 1.54) is 31.2 Å². The maximum absolute atomic E-state index is 12.8. The minimum atomic E-state index is -4.34. The van der Waals surface area contributed by atoms with Crippen LogP contribution in [0.15, 0.2) is 47.6 Å². The number of hydrogen-bond acceptors (Lipinski definition) is 3. The first-order valence-electron chi connectivity index (χ1n) is 11.9. The summed E-state index contributed by atoms with van der Waals surface area (Å²) in [4.78, 5) is 19.6. The summed E-state index contributed by atoms with van der Waals surface area (Å²) >= 11 is 0. The van der Waals surface area contributed by atoms with Gasteiger partial charge in [0, 0.05) is 50.7 Å². The number of alkyl halides is 3. The van der Waals surface area contributed by atoms with Gasteiger partial charge >= 0.3 is 6.18 Å². The number of hydrogen-bond donors (Lipinski definition) is 0. The zero-order chi connectivity index (χ0) is 22.5. The second kappa shape index (κ2) is 8.17. The molecule has 2 aliphatic heterocycles. The predicted octanol–water partition coefficient (Wildman–Crippen LogP) is 3.79. The lowest BCUT2D eigenvalue weighted by molar-refractivity contribution is -0.136. The monoisotopic (exact) mass is 447 g/mol. The number of piperidine rings is 1. The molecular formula is C25H32F3N3O. The van der Waals surface area contributed by atoms with Gasteiger partial charge in [-0.05, 0) is 37.3 Å². The number of allylic oxidation sites excluding steroid dienone is 4. The molecule has 4 nitrogen and oxygen atoms in total. The van der Waals surface area contributed by atoms with E-state index in [1.807, 2.05) is 4.90 Å². The van der Waals surface area contributed by atoms with Gasteiger partial charge in [-0.2, -0.15) is 13.2 Å². The second-order valence-electron chi connectivity index (χ2n) is 9.93. The Balaban J connectivity index is 1.11. The van der Waals surface area contributed by atoms with E-state index in [-0.39, 0.29) is 12.3 Å². The molecule has 0 aromatic carbocycles. The van der Waals surface area contributed by atoms with Crippen molar-refractivity contribution in [1.82, 2.24) is 14.7 Å². The van der Waals surface area contributed by atoms with Crippen molar-refractivity contribution in [3.8, 4) is 0 Å². The molecule has 0 aromatic heterocycles. The van der Waals surface area contributed by atoms with Gasteiger partial charge in [0.25, 0.3) is 0 Å². The van der Waals surface area contributed by atoms with Gasteiger partial charge in [-0.25, -0.2) is 0 Å². The zero-order valence-electron chi connectivity index (χ0n) is 18.7.